The molecule has 0 saturated carbocycles. The minimum atomic E-state index is 0.0782. The van der Waals surface area contributed by atoms with E-state index in [0.717, 1.165) is 24.5 Å². The van der Waals surface area contributed by atoms with Gasteiger partial charge in [-0.3, -0.25) is 9.78 Å². The molecule has 2 rings (SSSR count). The van der Waals surface area contributed by atoms with Gasteiger partial charge in [0.05, 0.1) is 17.8 Å². The van der Waals surface area contributed by atoms with Gasteiger partial charge in [0.1, 0.15) is 0 Å². The third kappa shape index (κ3) is 1.90. The second-order valence-electron chi connectivity index (χ2n) is 3.53. The van der Waals surface area contributed by atoms with Crippen molar-refractivity contribution in [3.63, 3.8) is 0 Å². The molecule has 1 fully saturated rings. The van der Waals surface area contributed by atoms with Crippen molar-refractivity contribution in [2.45, 2.75) is 6.92 Å². The maximum atomic E-state index is 11.5. The van der Waals surface area contributed by atoms with Crippen molar-refractivity contribution in [1.29, 1.82) is 0 Å². The molecular weight excluding hydrogens is 178 g/mol. The van der Waals surface area contributed by atoms with E-state index in [4.69, 9.17) is 0 Å². The largest absolute Gasteiger partial charge is 0.324 e. The van der Waals surface area contributed by atoms with E-state index in [1.165, 1.54) is 0 Å². The number of anilines is 1. The molecular formula is C10H13N3O. The fraction of sp³-hybridized carbons (Fsp3) is 0.400. The van der Waals surface area contributed by atoms with E-state index in [1.54, 1.807) is 6.20 Å². The average molecular weight is 191 g/mol. The van der Waals surface area contributed by atoms with Crippen LogP contribution in [0.5, 0.6) is 0 Å². The Kier molecular flexibility index (Phi) is 2.45. The molecule has 1 saturated heterocycles. The number of nitrogens with zero attached hydrogens (tertiary/aromatic N) is 1. The molecule has 1 aliphatic heterocycles. The summed E-state index contributed by atoms with van der Waals surface area (Å²) in [7, 11) is 0. The summed E-state index contributed by atoms with van der Waals surface area (Å²) in [6.45, 7) is 3.48. The number of hydrogen-bond acceptors (Lipinski definition) is 3. The molecule has 1 aromatic heterocycles. The molecule has 4 nitrogen and oxygen atoms in total. The van der Waals surface area contributed by atoms with Gasteiger partial charge in [-0.25, -0.2) is 0 Å². The van der Waals surface area contributed by atoms with Crippen LogP contribution in [0.1, 0.15) is 5.69 Å². The summed E-state index contributed by atoms with van der Waals surface area (Å²) >= 11 is 0. The van der Waals surface area contributed by atoms with Gasteiger partial charge in [-0.1, -0.05) is 0 Å². The number of hydrogen-bond donors (Lipinski definition) is 2. The van der Waals surface area contributed by atoms with Gasteiger partial charge in [0.25, 0.3) is 0 Å². The van der Waals surface area contributed by atoms with Gasteiger partial charge in [-0.2, -0.15) is 0 Å². The number of carbonyl (C=O) groups excluding carboxylic acids is 1. The zero-order valence-electron chi connectivity index (χ0n) is 8.08. The van der Waals surface area contributed by atoms with Gasteiger partial charge in [0.2, 0.25) is 5.91 Å². The third-order valence-electron chi connectivity index (χ3n) is 2.33. The summed E-state index contributed by atoms with van der Waals surface area (Å²) in [5.41, 5.74) is 1.72. The Balaban J connectivity index is 1.96. The predicted molar refractivity (Wildman–Crippen MR) is 54.0 cm³/mol. The SMILES string of the molecule is Cc1ccc(NC(=O)C2CNC2)cn1. The molecule has 0 radical (unpaired) electrons. The van der Waals surface area contributed by atoms with Crippen LogP contribution in [0.15, 0.2) is 18.3 Å². The Bertz CT molecular complexity index is 330. The molecule has 2 N–H and O–H groups in total. The Morgan fingerprint density at radius 3 is 2.86 bits per heavy atom. The standard InChI is InChI=1S/C10H13N3O/c1-7-2-3-9(6-12-7)13-10(14)8-4-11-5-8/h2-3,6,8,11H,4-5H2,1H3,(H,13,14). The second kappa shape index (κ2) is 3.75. The molecule has 0 spiro atoms. The van der Waals surface area contributed by atoms with E-state index in [1.807, 2.05) is 19.1 Å². The number of aryl methyl sites for hydroxylation is 1. The molecule has 2 heterocycles. The smallest absolute Gasteiger partial charge is 0.230 e. The highest BCUT2D eigenvalue weighted by Crippen LogP contribution is 2.10. The van der Waals surface area contributed by atoms with Crippen molar-refractivity contribution in [2.75, 3.05) is 18.4 Å². The van der Waals surface area contributed by atoms with E-state index in [0.29, 0.717) is 0 Å². The molecule has 1 aliphatic rings. The van der Waals surface area contributed by atoms with Crippen LogP contribution in [-0.2, 0) is 4.79 Å². The van der Waals surface area contributed by atoms with E-state index in [9.17, 15) is 4.79 Å². The molecule has 0 bridgehead atoms. The summed E-state index contributed by atoms with van der Waals surface area (Å²) in [5, 5.41) is 5.89. The highest BCUT2D eigenvalue weighted by Gasteiger charge is 2.24. The maximum absolute atomic E-state index is 11.5. The van der Waals surface area contributed by atoms with Crippen LogP contribution in [0.2, 0.25) is 0 Å². The maximum Gasteiger partial charge on any atom is 0.230 e. The Morgan fingerprint density at radius 1 is 1.57 bits per heavy atom. The summed E-state index contributed by atoms with van der Waals surface area (Å²) in [6, 6.07) is 3.75. The van der Waals surface area contributed by atoms with Gasteiger partial charge in [-0.15, -0.1) is 0 Å². The van der Waals surface area contributed by atoms with Crippen molar-refractivity contribution >= 4 is 11.6 Å². The van der Waals surface area contributed by atoms with Gasteiger partial charge in [-0.05, 0) is 19.1 Å². The number of aromatic nitrogens is 1. The Labute approximate surface area is 82.7 Å². The van der Waals surface area contributed by atoms with Crippen LogP contribution in [-0.4, -0.2) is 24.0 Å². The van der Waals surface area contributed by atoms with Gasteiger partial charge in [0.15, 0.2) is 0 Å². The lowest BCUT2D eigenvalue weighted by atomic mass is 10.0. The van der Waals surface area contributed by atoms with E-state index in [2.05, 4.69) is 15.6 Å². The van der Waals surface area contributed by atoms with Crippen LogP contribution in [0, 0.1) is 12.8 Å². The number of pyridine rings is 1. The molecule has 74 valence electrons. The van der Waals surface area contributed by atoms with E-state index in [-0.39, 0.29) is 11.8 Å². The van der Waals surface area contributed by atoms with Crippen molar-refractivity contribution in [2.24, 2.45) is 5.92 Å². The van der Waals surface area contributed by atoms with Crippen molar-refractivity contribution < 1.29 is 4.79 Å². The van der Waals surface area contributed by atoms with Crippen molar-refractivity contribution in [3.05, 3.63) is 24.0 Å². The normalized spacial score (nSPS) is 16.1. The highest BCUT2D eigenvalue weighted by molar-refractivity contribution is 5.93. The molecule has 0 aromatic carbocycles. The molecule has 0 atom stereocenters. The van der Waals surface area contributed by atoms with Crippen molar-refractivity contribution in [1.82, 2.24) is 10.3 Å². The number of nitrogens with one attached hydrogen (secondary N) is 2. The molecule has 0 unspecified atom stereocenters. The van der Waals surface area contributed by atoms with Gasteiger partial charge >= 0.3 is 0 Å². The predicted octanol–water partition coefficient (Wildman–Crippen LogP) is 0.548. The van der Waals surface area contributed by atoms with Crippen LogP contribution in [0.25, 0.3) is 0 Å². The van der Waals surface area contributed by atoms with Crippen LogP contribution >= 0.6 is 0 Å². The zero-order chi connectivity index (χ0) is 9.97. The van der Waals surface area contributed by atoms with Crippen LogP contribution in [0.4, 0.5) is 5.69 Å². The lowest BCUT2D eigenvalue weighted by Gasteiger charge is -2.25. The van der Waals surface area contributed by atoms with Crippen LogP contribution < -0.4 is 10.6 Å². The highest BCUT2D eigenvalue weighted by atomic mass is 16.2. The second-order valence-corrected chi connectivity index (χ2v) is 3.53. The lowest BCUT2D eigenvalue weighted by Crippen LogP contribution is -2.48. The molecule has 1 amide bonds. The minimum absolute atomic E-state index is 0.0782. The number of carbonyl (C=O) groups is 1. The first-order valence-electron chi connectivity index (χ1n) is 4.70. The van der Waals surface area contributed by atoms with Gasteiger partial charge < -0.3 is 10.6 Å². The van der Waals surface area contributed by atoms with Crippen molar-refractivity contribution in [3.8, 4) is 0 Å². The monoisotopic (exact) mass is 191 g/mol. The Morgan fingerprint density at radius 2 is 2.36 bits per heavy atom. The van der Waals surface area contributed by atoms with E-state index >= 15 is 0 Å². The lowest BCUT2D eigenvalue weighted by molar-refractivity contribution is -0.121. The summed E-state index contributed by atoms with van der Waals surface area (Å²) in [5.74, 6) is 0.200. The quantitative estimate of drug-likeness (QED) is 0.717. The first-order valence-corrected chi connectivity index (χ1v) is 4.70. The minimum Gasteiger partial charge on any atom is -0.324 e. The first-order chi connectivity index (χ1) is 6.75. The first kappa shape index (κ1) is 9.15. The molecule has 14 heavy (non-hydrogen) atoms. The van der Waals surface area contributed by atoms with Crippen LogP contribution in [0.3, 0.4) is 0 Å². The molecule has 1 aromatic rings. The molecule has 0 aliphatic carbocycles. The van der Waals surface area contributed by atoms with Gasteiger partial charge in [0, 0.05) is 18.8 Å². The third-order valence-corrected chi connectivity index (χ3v) is 2.33. The number of rotatable bonds is 2. The average Bonchev–Trinajstić information content (AvgIpc) is 2.06. The number of amides is 1. The summed E-state index contributed by atoms with van der Waals surface area (Å²) < 4.78 is 0. The topological polar surface area (TPSA) is 54.0 Å². The summed E-state index contributed by atoms with van der Waals surface area (Å²) in [4.78, 5) is 15.6. The molecule has 4 heteroatoms. The fourth-order valence-electron chi connectivity index (χ4n) is 1.26. The summed E-state index contributed by atoms with van der Waals surface area (Å²) in [6.07, 6.45) is 1.68. The fourth-order valence-corrected chi connectivity index (χ4v) is 1.26. The van der Waals surface area contributed by atoms with E-state index < -0.39 is 0 Å². The zero-order valence-corrected chi connectivity index (χ0v) is 8.08. The Hall–Kier alpha value is -1.42.